The summed E-state index contributed by atoms with van der Waals surface area (Å²) in [6, 6.07) is 6.72. The molecule has 0 aliphatic carbocycles. The Kier molecular flexibility index (Phi) is 3.72. The van der Waals surface area contributed by atoms with Gasteiger partial charge in [0.25, 0.3) is 0 Å². The minimum absolute atomic E-state index is 0.147. The molecule has 0 aromatic heterocycles. The van der Waals surface area contributed by atoms with Crippen molar-refractivity contribution >= 4 is 11.6 Å². The van der Waals surface area contributed by atoms with Gasteiger partial charge >= 0.3 is 0 Å². The van der Waals surface area contributed by atoms with E-state index in [2.05, 4.69) is 0 Å². The van der Waals surface area contributed by atoms with Crippen LogP contribution in [0.2, 0.25) is 0 Å². The topological polar surface area (TPSA) is 102 Å². The summed E-state index contributed by atoms with van der Waals surface area (Å²) in [5.74, 6) is -0.428. The second kappa shape index (κ2) is 5.03. The van der Waals surface area contributed by atoms with Crippen molar-refractivity contribution in [3.63, 3.8) is 0 Å². The fraction of sp³-hybridized carbons (Fsp3) is 0.273. The van der Waals surface area contributed by atoms with Gasteiger partial charge in [0.1, 0.15) is 11.8 Å². The second-order valence-corrected chi connectivity index (χ2v) is 3.48. The highest BCUT2D eigenvalue weighted by Gasteiger charge is 2.11. The van der Waals surface area contributed by atoms with Crippen molar-refractivity contribution in [1.82, 2.24) is 0 Å². The Morgan fingerprint density at radius 3 is 2.88 bits per heavy atom. The molecule has 0 bridgehead atoms. The van der Waals surface area contributed by atoms with E-state index in [4.69, 9.17) is 21.5 Å². The Morgan fingerprint density at radius 2 is 2.31 bits per heavy atom. The van der Waals surface area contributed by atoms with Crippen molar-refractivity contribution in [2.45, 2.75) is 6.92 Å². The molecule has 0 aliphatic heterocycles. The van der Waals surface area contributed by atoms with Crippen LogP contribution in [0.5, 0.6) is 5.75 Å². The lowest BCUT2D eigenvalue weighted by Gasteiger charge is -2.11. The van der Waals surface area contributed by atoms with Crippen molar-refractivity contribution in [2.75, 3.05) is 12.3 Å². The molecule has 0 radical (unpaired) electrons. The van der Waals surface area contributed by atoms with Crippen LogP contribution in [0.4, 0.5) is 5.69 Å². The summed E-state index contributed by atoms with van der Waals surface area (Å²) < 4.78 is 5.33. The third kappa shape index (κ3) is 2.89. The average Bonchev–Trinajstić information content (AvgIpc) is 2.26. The van der Waals surface area contributed by atoms with Crippen molar-refractivity contribution < 1.29 is 9.53 Å². The predicted octanol–water partition coefficient (Wildman–Crippen LogP) is 0.641. The highest BCUT2D eigenvalue weighted by Crippen LogP contribution is 2.20. The molecule has 16 heavy (non-hydrogen) atoms. The number of nitrogens with zero attached hydrogens (tertiary/aromatic N) is 1. The number of nitriles is 1. The van der Waals surface area contributed by atoms with Gasteiger partial charge in [0, 0.05) is 5.69 Å². The van der Waals surface area contributed by atoms with E-state index in [9.17, 15) is 4.79 Å². The molecule has 1 atom stereocenters. The summed E-state index contributed by atoms with van der Waals surface area (Å²) >= 11 is 0. The fourth-order valence-corrected chi connectivity index (χ4v) is 1.06. The Labute approximate surface area is 93.6 Å². The first kappa shape index (κ1) is 11.9. The van der Waals surface area contributed by atoms with E-state index in [0.29, 0.717) is 17.0 Å². The molecule has 0 spiro atoms. The number of nitrogens with two attached hydrogens (primary N) is 2. The highest BCUT2D eigenvalue weighted by molar-refractivity contribution is 5.76. The van der Waals surface area contributed by atoms with Crippen LogP contribution >= 0.6 is 0 Å². The van der Waals surface area contributed by atoms with E-state index in [-0.39, 0.29) is 6.61 Å². The Balaban J connectivity index is 2.75. The normalized spacial score (nSPS) is 11.5. The minimum atomic E-state index is -0.436. The summed E-state index contributed by atoms with van der Waals surface area (Å²) in [6.45, 7) is 1.81. The molecular weight excluding hydrogens is 206 g/mol. The summed E-state index contributed by atoms with van der Waals surface area (Å²) in [5.41, 5.74) is 11.5. The number of benzene rings is 1. The first-order chi connectivity index (χ1) is 7.54. The number of primary amides is 1. The van der Waals surface area contributed by atoms with Crippen LogP contribution < -0.4 is 16.2 Å². The lowest BCUT2D eigenvalue weighted by molar-refractivity contribution is -0.122. The molecule has 4 N–H and O–H groups in total. The minimum Gasteiger partial charge on any atom is -0.491 e. The predicted molar refractivity (Wildman–Crippen MR) is 59.4 cm³/mol. The Hall–Kier alpha value is -2.22. The average molecular weight is 219 g/mol. The fourth-order valence-electron chi connectivity index (χ4n) is 1.06. The molecule has 0 heterocycles. The van der Waals surface area contributed by atoms with Crippen LogP contribution in [-0.4, -0.2) is 12.5 Å². The largest absolute Gasteiger partial charge is 0.491 e. The van der Waals surface area contributed by atoms with Gasteiger partial charge < -0.3 is 16.2 Å². The second-order valence-electron chi connectivity index (χ2n) is 3.48. The SMILES string of the molecule is CC(COc1ccc(N)cc1C#N)C(N)=O. The molecule has 1 rings (SSSR count). The molecule has 0 fully saturated rings. The van der Waals surface area contributed by atoms with Gasteiger partial charge in [-0.05, 0) is 18.2 Å². The molecule has 1 unspecified atom stereocenters. The molecule has 5 heteroatoms. The first-order valence-electron chi connectivity index (χ1n) is 4.76. The Morgan fingerprint density at radius 1 is 1.62 bits per heavy atom. The number of ether oxygens (including phenoxy) is 1. The van der Waals surface area contributed by atoms with E-state index >= 15 is 0 Å². The molecule has 1 amide bonds. The zero-order valence-electron chi connectivity index (χ0n) is 8.93. The van der Waals surface area contributed by atoms with Gasteiger partial charge in [-0.25, -0.2) is 0 Å². The number of nitrogen functional groups attached to an aromatic ring is 1. The van der Waals surface area contributed by atoms with Gasteiger partial charge in [-0.1, -0.05) is 6.92 Å². The van der Waals surface area contributed by atoms with Crippen molar-refractivity contribution in [3.8, 4) is 11.8 Å². The van der Waals surface area contributed by atoms with Gasteiger partial charge in [0.2, 0.25) is 5.91 Å². The third-order valence-electron chi connectivity index (χ3n) is 2.10. The van der Waals surface area contributed by atoms with Gasteiger partial charge in [-0.15, -0.1) is 0 Å². The van der Waals surface area contributed by atoms with Crippen LogP contribution in [0, 0.1) is 17.2 Å². The molecule has 0 saturated carbocycles. The van der Waals surface area contributed by atoms with Gasteiger partial charge in [0.05, 0.1) is 18.1 Å². The van der Waals surface area contributed by atoms with Crippen molar-refractivity contribution in [3.05, 3.63) is 23.8 Å². The Bertz CT molecular complexity index is 437. The summed E-state index contributed by atoms with van der Waals surface area (Å²) in [4.78, 5) is 10.8. The van der Waals surface area contributed by atoms with Crippen LogP contribution in [0.1, 0.15) is 12.5 Å². The van der Waals surface area contributed by atoms with E-state index in [1.807, 2.05) is 6.07 Å². The monoisotopic (exact) mass is 219 g/mol. The molecular formula is C11H13N3O2. The van der Waals surface area contributed by atoms with Gasteiger partial charge in [0.15, 0.2) is 0 Å². The van der Waals surface area contributed by atoms with Crippen molar-refractivity contribution in [2.24, 2.45) is 11.7 Å². The smallest absolute Gasteiger partial charge is 0.223 e. The molecule has 5 nitrogen and oxygen atoms in total. The zero-order chi connectivity index (χ0) is 12.1. The quantitative estimate of drug-likeness (QED) is 0.725. The molecule has 0 saturated heterocycles. The van der Waals surface area contributed by atoms with E-state index < -0.39 is 11.8 Å². The number of rotatable bonds is 4. The van der Waals surface area contributed by atoms with Crippen LogP contribution in [-0.2, 0) is 4.79 Å². The number of anilines is 1. The number of carbonyl (C=O) groups is 1. The number of carbonyl (C=O) groups excluding carboxylic acids is 1. The van der Waals surface area contributed by atoms with Crippen LogP contribution in [0.15, 0.2) is 18.2 Å². The van der Waals surface area contributed by atoms with Crippen LogP contribution in [0.3, 0.4) is 0 Å². The first-order valence-corrected chi connectivity index (χ1v) is 4.76. The number of hydrogen-bond acceptors (Lipinski definition) is 4. The maximum atomic E-state index is 10.8. The molecule has 0 aliphatic rings. The molecule has 1 aromatic carbocycles. The third-order valence-corrected chi connectivity index (χ3v) is 2.10. The van der Waals surface area contributed by atoms with E-state index in [0.717, 1.165) is 0 Å². The van der Waals surface area contributed by atoms with E-state index in [1.54, 1.807) is 19.1 Å². The maximum Gasteiger partial charge on any atom is 0.223 e. The van der Waals surface area contributed by atoms with Crippen molar-refractivity contribution in [1.29, 1.82) is 5.26 Å². The van der Waals surface area contributed by atoms with Gasteiger partial charge in [-0.2, -0.15) is 5.26 Å². The maximum absolute atomic E-state index is 10.8. The molecule has 1 aromatic rings. The number of amides is 1. The van der Waals surface area contributed by atoms with Crippen LogP contribution in [0.25, 0.3) is 0 Å². The van der Waals surface area contributed by atoms with Gasteiger partial charge in [-0.3, -0.25) is 4.79 Å². The van der Waals surface area contributed by atoms with E-state index in [1.165, 1.54) is 6.07 Å². The standard InChI is InChI=1S/C11H13N3O2/c1-7(11(14)15)6-16-10-3-2-9(13)4-8(10)5-12/h2-4,7H,6,13H2,1H3,(H2,14,15). The highest BCUT2D eigenvalue weighted by atomic mass is 16.5. The summed E-state index contributed by atoms with van der Waals surface area (Å²) in [6.07, 6.45) is 0. The lowest BCUT2D eigenvalue weighted by atomic mass is 10.2. The molecule has 84 valence electrons. The summed E-state index contributed by atoms with van der Waals surface area (Å²) in [7, 11) is 0. The zero-order valence-corrected chi connectivity index (χ0v) is 8.93. The summed E-state index contributed by atoms with van der Waals surface area (Å²) in [5, 5.41) is 8.84. The number of hydrogen-bond donors (Lipinski definition) is 2. The lowest BCUT2D eigenvalue weighted by Crippen LogP contribution is -2.25.